The van der Waals surface area contributed by atoms with Gasteiger partial charge in [0.05, 0.1) is 39.6 Å². The van der Waals surface area contributed by atoms with Gasteiger partial charge in [-0.05, 0) is 55.3 Å². The quantitative estimate of drug-likeness (QED) is 0.209. The lowest BCUT2D eigenvalue weighted by Gasteiger charge is -2.25. The minimum Gasteiger partial charge on any atom is -0.493 e. The molecule has 0 saturated heterocycles. The van der Waals surface area contributed by atoms with Crippen LogP contribution in [-0.2, 0) is 16.1 Å². The Morgan fingerprint density at radius 3 is 2.55 bits per heavy atom. The predicted octanol–water partition coefficient (Wildman–Crippen LogP) is 6.35. The third kappa shape index (κ3) is 5.85. The number of halogens is 3. The summed E-state index contributed by atoms with van der Waals surface area (Å²) in [5.74, 6) is 0.387. The van der Waals surface area contributed by atoms with Crippen LogP contribution >= 0.6 is 46.1 Å². The normalized spacial score (nSPS) is 14.8. The van der Waals surface area contributed by atoms with Gasteiger partial charge < -0.3 is 14.2 Å². The molecule has 1 aliphatic heterocycles. The summed E-state index contributed by atoms with van der Waals surface area (Å²) in [7, 11) is 1.54. The van der Waals surface area contributed by atoms with Gasteiger partial charge in [-0.1, -0.05) is 82.5 Å². The summed E-state index contributed by atoms with van der Waals surface area (Å²) in [6, 6.07) is 17.0. The summed E-state index contributed by atoms with van der Waals surface area (Å²) in [6.07, 6.45) is 1.73. The topological polar surface area (TPSA) is 79.1 Å². The first-order chi connectivity index (χ1) is 20.2. The van der Waals surface area contributed by atoms with Crippen LogP contribution in [0.25, 0.3) is 6.08 Å². The molecule has 0 unspecified atom stereocenters. The molecule has 0 radical (unpaired) electrons. The first kappa shape index (κ1) is 29.9. The lowest BCUT2D eigenvalue weighted by Crippen LogP contribution is -2.40. The number of thiazole rings is 1. The number of carbonyl (C=O) groups excluding carboxylic acids is 1. The van der Waals surface area contributed by atoms with Crippen molar-refractivity contribution in [1.82, 2.24) is 4.57 Å². The van der Waals surface area contributed by atoms with Crippen molar-refractivity contribution in [3.05, 3.63) is 123 Å². The first-order valence-electron chi connectivity index (χ1n) is 12.9. The zero-order valence-electron chi connectivity index (χ0n) is 22.8. The summed E-state index contributed by atoms with van der Waals surface area (Å²) in [4.78, 5) is 32.2. The van der Waals surface area contributed by atoms with E-state index in [1.54, 1.807) is 63.4 Å². The molecule has 1 aliphatic rings. The monoisotopic (exact) mass is 642 g/mol. The molecule has 1 aromatic heterocycles. The number of fused-ring (bicyclic) bond motifs is 1. The minimum atomic E-state index is -0.813. The zero-order valence-corrected chi connectivity index (χ0v) is 25.9. The maximum atomic E-state index is 14.0. The number of esters is 1. The molecular formula is C31H25Cl3N2O5S. The van der Waals surface area contributed by atoms with Crippen LogP contribution < -0.4 is 24.4 Å². The number of hydrogen-bond donors (Lipinski definition) is 0. The molecule has 0 bridgehead atoms. The molecule has 3 aromatic carbocycles. The molecule has 5 rings (SSSR count). The standard InChI is InChI=1S/C31H25Cl3N2O5S/c1-4-40-30(38)26-17(2)35-31-36(27(26)20-9-5-6-10-21(20)32)29(37)25(42-31)15-19-8-7-11-24(39-3)28(19)41-16-18-12-13-22(33)23(34)14-18/h5-15,27H,4,16H2,1-3H3/b25-15-/t27-/m1/s1. The van der Waals surface area contributed by atoms with Crippen LogP contribution in [0.15, 0.2) is 81.7 Å². The molecule has 11 heteroatoms. The number of hydrogen-bond acceptors (Lipinski definition) is 7. The van der Waals surface area contributed by atoms with Crippen molar-refractivity contribution in [3.8, 4) is 11.5 Å². The van der Waals surface area contributed by atoms with E-state index in [2.05, 4.69) is 4.99 Å². The molecule has 42 heavy (non-hydrogen) atoms. The van der Waals surface area contributed by atoms with Gasteiger partial charge in [-0.3, -0.25) is 9.36 Å². The highest BCUT2D eigenvalue weighted by atomic mass is 35.5. The molecule has 0 fully saturated rings. The van der Waals surface area contributed by atoms with Crippen LogP contribution in [0.4, 0.5) is 0 Å². The van der Waals surface area contributed by atoms with Crippen molar-refractivity contribution >= 4 is 58.2 Å². The zero-order chi connectivity index (χ0) is 30.0. The highest BCUT2D eigenvalue weighted by Crippen LogP contribution is 2.35. The molecule has 7 nitrogen and oxygen atoms in total. The molecule has 0 amide bonds. The van der Waals surface area contributed by atoms with E-state index in [4.69, 9.17) is 49.0 Å². The predicted molar refractivity (Wildman–Crippen MR) is 166 cm³/mol. The van der Waals surface area contributed by atoms with Gasteiger partial charge in [-0.25, -0.2) is 9.79 Å². The molecular weight excluding hydrogens is 619 g/mol. The molecule has 2 heterocycles. The van der Waals surface area contributed by atoms with Crippen LogP contribution in [-0.4, -0.2) is 24.3 Å². The van der Waals surface area contributed by atoms with E-state index < -0.39 is 12.0 Å². The summed E-state index contributed by atoms with van der Waals surface area (Å²) < 4.78 is 19.0. The van der Waals surface area contributed by atoms with E-state index in [0.29, 0.717) is 52.7 Å². The molecule has 0 N–H and O–H groups in total. The minimum absolute atomic E-state index is 0.177. The maximum absolute atomic E-state index is 14.0. The Hall–Kier alpha value is -3.56. The highest BCUT2D eigenvalue weighted by Gasteiger charge is 2.34. The van der Waals surface area contributed by atoms with E-state index in [-0.39, 0.29) is 24.3 Å². The molecule has 0 aliphatic carbocycles. The molecule has 0 spiro atoms. The van der Waals surface area contributed by atoms with Crippen molar-refractivity contribution in [2.45, 2.75) is 26.5 Å². The highest BCUT2D eigenvalue weighted by molar-refractivity contribution is 7.07. The second kappa shape index (κ2) is 12.8. The average Bonchev–Trinajstić information content (AvgIpc) is 3.27. The average molecular weight is 644 g/mol. The van der Waals surface area contributed by atoms with E-state index in [9.17, 15) is 9.59 Å². The number of para-hydroxylation sites is 1. The van der Waals surface area contributed by atoms with Crippen molar-refractivity contribution < 1.29 is 19.0 Å². The van der Waals surface area contributed by atoms with Gasteiger partial charge in [-0.15, -0.1) is 0 Å². The van der Waals surface area contributed by atoms with Gasteiger partial charge >= 0.3 is 5.97 Å². The second-order valence-corrected chi connectivity index (χ2v) is 11.5. The smallest absolute Gasteiger partial charge is 0.338 e. The summed E-state index contributed by atoms with van der Waals surface area (Å²) in [5, 5.41) is 1.29. The lowest BCUT2D eigenvalue weighted by atomic mass is 9.96. The lowest BCUT2D eigenvalue weighted by molar-refractivity contribution is -0.139. The van der Waals surface area contributed by atoms with Crippen LogP contribution in [0.3, 0.4) is 0 Å². The summed E-state index contributed by atoms with van der Waals surface area (Å²) in [6.45, 7) is 3.82. The number of methoxy groups -OCH3 is 1. The van der Waals surface area contributed by atoms with Crippen molar-refractivity contribution in [3.63, 3.8) is 0 Å². The number of allylic oxidation sites excluding steroid dienone is 1. The Morgan fingerprint density at radius 2 is 1.83 bits per heavy atom. The van der Waals surface area contributed by atoms with Gasteiger partial charge in [0.1, 0.15) is 12.6 Å². The fourth-order valence-corrected chi connectivity index (χ4v) is 6.27. The summed E-state index contributed by atoms with van der Waals surface area (Å²) in [5.41, 5.74) is 2.40. The van der Waals surface area contributed by atoms with Gasteiger partial charge in [0.2, 0.25) is 0 Å². The second-order valence-electron chi connectivity index (χ2n) is 9.24. The Kier molecular flexibility index (Phi) is 9.08. The molecule has 216 valence electrons. The van der Waals surface area contributed by atoms with E-state index >= 15 is 0 Å². The Bertz CT molecular complexity index is 1900. The van der Waals surface area contributed by atoms with Crippen molar-refractivity contribution in [2.24, 2.45) is 4.99 Å². The van der Waals surface area contributed by atoms with E-state index in [0.717, 1.165) is 5.56 Å². The van der Waals surface area contributed by atoms with Gasteiger partial charge in [0.15, 0.2) is 16.3 Å². The van der Waals surface area contributed by atoms with Crippen LogP contribution in [0, 0.1) is 0 Å². The van der Waals surface area contributed by atoms with Crippen molar-refractivity contribution in [2.75, 3.05) is 13.7 Å². The van der Waals surface area contributed by atoms with E-state index in [1.807, 2.05) is 24.3 Å². The fourth-order valence-electron chi connectivity index (χ4n) is 4.67. The van der Waals surface area contributed by atoms with E-state index in [1.165, 1.54) is 15.9 Å². The van der Waals surface area contributed by atoms with Crippen molar-refractivity contribution in [1.29, 1.82) is 0 Å². The number of carbonyl (C=O) groups is 1. The van der Waals surface area contributed by atoms with Gasteiger partial charge in [-0.2, -0.15) is 0 Å². The fraction of sp³-hybridized carbons (Fsp3) is 0.194. The van der Waals surface area contributed by atoms with Crippen LogP contribution in [0.5, 0.6) is 11.5 Å². The Balaban J connectivity index is 1.64. The van der Waals surface area contributed by atoms with Crippen LogP contribution in [0.1, 0.15) is 36.6 Å². The SMILES string of the molecule is CCOC(=O)C1=C(C)N=c2s/c(=C\c3cccc(OC)c3OCc3ccc(Cl)c(Cl)c3)c(=O)n2[C@@H]1c1ccccc1Cl. The van der Waals surface area contributed by atoms with Crippen LogP contribution in [0.2, 0.25) is 15.1 Å². The third-order valence-electron chi connectivity index (χ3n) is 6.60. The molecule has 0 saturated carbocycles. The number of ether oxygens (including phenoxy) is 3. The largest absolute Gasteiger partial charge is 0.493 e. The number of rotatable bonds is 8. The third-order valence-corrected chi connectivity index (χ3v) is 8.67. The van der Waals surface area contributed by atoms with Gasteiger partial charge in [0.25, 0.3) is 5.56 Å². The summed E-state index contributed by atoms with van der Waals surface area (Å²) >= 11 is 20.0. The van der Waals surface area contributed by atoms with Gasteiger partial charge in [0, 0.05) is 10.6 Å². The number of nitrogens with zero attached hydrogens (tertiary/aromatic N) is 2. The maximum Gasteiger partial charge on any atom is 0.338 e. The Morgan fingerprint density at radius 1 is 1.05 bits per heavy atom. The molecule has 4 aromatic rings. The molecule has 1 atom stereocenters. The number of benzene rings is 3. The number of aromatic nitrogens is 1. The first-order valence-corrected chi connectivity index (χ1v) is 14.9. The Labute approximate surface area is 260 Å².